The van der Waals surface area contributed by atoms with Gasteiger partial charge in [-0.25, -0.2) is 0 Å². The molecule has 0 rings (SSSR count). The van der Waals surface area contributed by atoms with Gasteiger partial charge in [0, 0.05) is 0 Å². The van der Waals surface area contributed by atoms with E-state index in [2.05, 4.69) is 0 Å². The number of carboxylic acids is 2. The summed E-state index contributed by atoms with van der Waals surface area (Å²) in [7, 11) is 0. The molecule has 0 aliphatic rings. The molecule has 0 heterocycles. The first-order valence-corrected chi connectivity index (χ1v) is 3.33. The Kier molecular flexibility index (Phi) is 2.49. The van der Waals surface area contributed by atoms with Crippen LogP contribution in [-0.4, -0.2) is 32.9 Å². The molecule has 0 aliphatic carbocycles. The molecule has 0 aromatic carbocycles. The third kappa shape index (κ3) is 1.40. The van der Waals surface area contributed by atoms with Gasteiger partial charge in [-0.15, -0.1) is 0 Å². The van der Waals surface area contributed by atoms with Crippen LogP contribution in [0.15, 0.2) is 0 Å². The number of carboxylic acid groups (broad SMARTS) is 2. The van der Waals surface area contributed by atoms with E-state index in [1.165, 1.54) is 0 Å². The molecule has 0 amide bonds. The molecule has 0 aromatic heterocycles. The smallest absolute Gasteiger partial charge is 0.323 e. The Bertz CT molecular complexity index is 198. The highest BCUT2D eigenvalue weighted by Crippen LogP contribution is 2.31. The Morgan fingerprint density at radius 2 is 1.25 bits per heavy atom. The van der Waals surface area contributed by atoms with Crippen LogP contribution in [0.1, 0.15) is 20.8 Å². The summed E-state index contributed by atoms with van der Waals surface area (Å²) in [6.45, 7) is 3.27. The molecule has 5 heteroatoms. The standard InChI is InChI=1S/C7H12O5/c1-6(2,12)7(3,4(8)9)5(10)11/h12H,1-3H3,(H,8,9)(H,10,11). The molecule has 5 nitrogen and oxygen atoms in total. The van der Waals surface area contributed by atoms with E-state index in [1.807, 2.05) is 0 Å². The fourth-order valence-electron chi connectivity index (χ4n) is 0.615. The summed E-state index contributed by atoms with van der Waals surface area (Å²) in [5.41, 5.74) is -3.97. The van der Waals surface area contributed by atoms with Crippen molar-refractivity contribution in [2.24, 2.45) is 5.41 Å². The van der Waals surface area contributed by atoms with Crippen molar-refractivity contribution in [3.63, 3.8) is 0 Å². The van der Waals surface area contributed by atoms with Crippen LogP contribution in [0.5, 0.6) is 0 Å². The van der Waals surface area contributed by atoms with Crippen LogP contribution in [0.3, 0.4) is 0 Å². The lowest BCUT2D eigenvalue weighted by Crippen LogP contribution is -2.52. The number of aliphatic carboxylic acids is 2. The monoisotopic (exact) mass is 176 g/mol. The fraction of sp³-hybridized carbons (Fsp3) is 0.714. The Balaban J connectivity index is 5.17. The maximum atomic E-state index is 10.6. The zero-order valence-electron chi connectivity index (χ0n) is 7.16. The molecule has 12 heavy (non-hydrogen) atoms. The molecule has 0 aliphatic heterocycles. The van der Waals surface area contributed by atoms with Crippen molar-refractivity contribution in [3.8, 4) is 0 Å². The van der Waals surface area contributed by atoms with E-state index >= 15 is 0 Å². The van der Waals surface area contributed by atoms with E-state index in [-0.39, 0.29) is 0 Å². The first kappa shape index (κ1) is 10.9. The Hall–Kier alpha value is -1.10. The van der Waals surface area contributed by atoms with E-state index in [4.69, 9.17) is 10.2 Å². The fourth-order valence-corrected chi connectivity index (χ4v) is 0.615. The van der Waals surface area contributed by atoms with Crippen LogP contribution in [0.25, 0.3) is 0 Å². The Labute approximate surface area is 69.6 Å². The van der Waals surface area contributed by atoms with Gasteiger partial charge in [-0.05, 0) is 20.8 Å². The molecule has 0 bridgehead atoms. The van der Waals surface area contributed by atoms with Gasteiger partial charge in [0.2, 0.25) is 0 Å². The van der Waals surface area contributed by atoms with Crippen molar-refractivity contribution < 1.29 is 24.9 Å². The van der Waals surface area contributed by atoms with Crippen molar-refractivity contribution >= 4 is 11.9 Å². The predicted molar refractivity (Wildman–Crippen MR) is 39.7 cm³/mol. The minimum absolute atomic E-state index is 0.970. The third-order valence-corrected chi connectivity index (χ3v) is 2.08. The highest BCUT2D eigenvalue weighted by Gasteiger charge is 2.53. The SMILES string of the molecule is CC(C)(O)C(C)(C(=O)O)C(=O)O. The van der Waals surface area contributed by atoms with Crippen molar-refractivity contribution in [3.05, 3.63) is 0 Å². The molecular weight excluding hydrogens is 164 g/mol. The van der Waals surface area contributed by atoms with Gasteiger partial charge in [0.25, 0.3) is 0 Å². The van der Waals surface area contributed by atoms with Crippen LogP contribution in [0.2, 0.25) is 0 Å². The average Bonchev–Trinajstić information content (AvgIpc) is 1.82. The number of carbonyl (C=O) groups is 2. The molecule has 0 atom stereocenters. The van der Waals surface area contributed by atoms with Gasteiger partial charge in [-0.1, -0.05) is 0 Å². The van der Waals surface area contributed by atoms with Gasteiger partial charge in [0.15, 0.2) is 5.41 Å². The summed E-state index contributed by atoms with van der Waals surface area (Å²) in [6.07, 6.45) is 0. The lowest BCUT2D eigenvalue weighted by Gasteiger charge is -2.32. The van der Waals surface area contributed by atoms with Crippen LogP contribution in [0.4, 0.5) is 0 Å². The van der Waals surface area contributed by atoms with Gasteiger partial charge in [0.1, 0.15) is 0 Å². The van der Waals surface area contributed by atoms with Crippen LogP contribution in [-0.2, 0) is 9.59 Å². The second-order valence-electron chi connectivity index (χ2n) is 3.29. The van der Waals surface area contributed by atoms with Crippen molar-refractivity contribution in [2.45, 2.75) is 26.4 Å². The summed E-state index contributed by atoms with van der Waals surface area (Å²) in [5, 5.41) is 26.5. The van der Waals surface area contributed by atoms with Crippen molar-refractivity contribution in [1.29, 1.82) is 0 Å². The first-order chi connectivity index (χ1) is 5.14. The van der Waals surface area contributed by atoms with Crippen LogP contribution in [0, 0.1) is 5.41 Å². The maximum absolute atomic E-state index is 10.6. The number of aliphatic hydroxyl groups is 1. The molecule has 0 spiro atoms. The Morgan fingerprint density at radius 3 is 1.25 bits per heavy atom. The Morgan fingerprint density at radius 1 is 1.00 bits per heavy atom. The second-order valence-corrected chi connectivity index (χ2v) is 3.29. The molecular formula is C7H12O5. The molecule has 0 saturated heterocycles. The number of rotatable bonds is 3. The van der Waals surface area contributed by atoms with Gasteiger partial charge < -0.3 is 15.3 Å². The molecule has 0 fully saturated rings. The third-order valence-electron chi connectivity index (χ3n) is 2.08. The largest absolute Gasteiger partial charge is 0.480 e. The van der Waals surface area contributed by atoms with Crippen LogP contribution >= 0.6 is 0 Å². The minimum atomic E-state index is -2.17. The van der Waals surface area contributed by atoms with E-state index < -0.39 is 23.0 Å². The zero-order chi connectivity index (χ0) is 10.2. The van der Waals surface area contributed by atoms with Crippen LogP contribution < -0.4 is 0 Å². The lowest BCUT2D eigenvalue weighted by atomic mass is 9.75. The zero-order valence-corrected chi connectivity index (χ0v) is 7.16. The normalized spacial score (nSPS) is 12.7. The van der Waals surface area contributed by atoms with Crippen molar-refractivity contribution in [1.82, 2.24) is 0 Å². The molecule has 0 saturated carbocycles. The van der Waals surface area contributed by atoms with E-state index in [0.29, 0.717) is 0 Å². The highest BCUT2D eigenvalue weighted by molar-refractivity contribution is 5.99. The molecule has 0 radical (unpaired) electrons. The number of hydrogen-bond donors (Lipinski definition) is 3. The number of hydrogen-bond acceptors (Lipinski definition) is 3. The average molecular weight is 176 g/mol. The van der Waals surface area contributed by atoms with E-state index in [9.17, 15) is 14.7 Å². The van der Waals surface area contributed by atoms with E-state index in [0.717, 1.165) is 20.8 Å². The van der Waals surface area contributed by atoms with Gasteiger partial charge in [-0.2, -0.15) is 0 Å². The molecule has 70 valence electrons. The van der Waals surface area contributed by atoms with Gasteiger partial charge in [0.05, 0.1) is 5.60 Å². The lowest BCUT2D eigenvalue weighted by molar-refractivity contribution is -0.179. The van der Waals surface area contributed by atoms with Gasteiger partial charge in [-0.3, -0.25) is 9.59 Å². The van der Waals surface area contributed by atoms with Crippen molar-refractivity contribution in [2.75, 3.05) is 0 Å². The van der Waals surface area contributed by atoms with E-state index in [1.54, 1.807) is 0 Å². The topological polar surface area (TPSA) is 94.8 Å². The maximum Gasteiger partial charge on any atom is 0.323 e. The highest BCUT2D eigenvalue weighted by atomic mass is 16.4. The van der Waals surface area contributed by atoms with Gasteiger partial charge >= 0.3 is 11.9 Å². The minimum Gasteiger partial charge on any atom is -0.480 e. The summed E-state index contributed by atoms with van der Waals surface area (Å²) in [5.74, 6) is -3.11. The summed E-state index contributed by atoms with van der Waals surface area (Å²) < 4.78 is 0. The molecule has 0 aromatic rings. The molecule has 3 N–H and O–H groups in total. The molecule has 0 unspecified atom stereocenters. The predicted octanol–water partition coefficient (Wildman–Crippen LogP) is -0.0672. The second kappa shape index (κ2) is 2.75. The first-order valence-electron chi connectivity index (χ1n) is 3.33. The summed E-state index contributed by atoms with van der Waals surface area (Å²) >= 11 is 0. The summed E-state index contributed by atoms with van der Waals surface area (Å²) in [6, 6.07) is 0. The quantitative estimate of drug-likeness (QED) is 0.523. The summed E-state index contributed by atoms with van der Waals surface area (Å²) in [4.78, 5) is 21.1.